The molecule has 1 aromatic carbocycles. The minimum atomic E-state index is 0.0436. The smallest absolute Gasteiger partial charge is 0.224 e. The third-order valence-electron chi connectivity index (χ3n) is 6.57. The summed E-state index contributed by atoms with van der Waals surface area (Å²) in [6.07, 6.45) is 7.28. The van der Waals surface area contributed by atoms with E-state index >= 15 is 0 Å². The minimum Gasteiger partial charge on any atom is -0.361 e. The van der Waals surface area contributed by atoms with Gasteiger partial charge in [-0.3, -0.25) is 4.79 Å². The number of aromatic nitrogens is 1. The summed E-state index contributed by atoms with van der Waals surface area (Å²) in [7, 11) is 0. The molecule has 4 rings (SSSR count). The molecule has 2 aromatic rings. The summed E-state index contributed by atoms with van der Waals surface area (Å²) >= 11 is 0. The Balaban J connectivity index is 1.36. The van der Waals surface area contributed by atoms with Crippen molar-refractivity contribution < 1.29 is 9.32 Å². The van der Waals surface area contributed by atoms with Gasteiger partial charge in [0, 0.05) is 30.0 Å². The Morgan fingerprint density at radius 3 is 2.53 bits per heavy atom. The summed E-state index contributed by atoms with van der Waals surface area (Å²) in [5, 5.41) is 7.49. The van der Waals surface area contributed by atoms with Gasteiger partial charge in [0.1, 0.15) is 5.76 Å². The van der Waals surface area contributed by atoms with E-state index in [1.165, 1.54) is 43.2 Å². The molecule has 0 saturated heterocycles. The minimum absolute atomic E-state index is 0.0436. The average molecular weight is 409 g/mol. The highest BCUT2D eigenvalue weighted by atomic mass is 16.5. The zero-order valence-corrected chi connectivity index (χ0v) is 19.2. The second kappa shape index (κ2) is 8.20. The van der Waals surface area contributed by atoms with E-state index in [2.05, 4.69) is 44.2 Å². The van der Waals surface area contributed by atoms with Crippen molar-refractivity contribution in [2.75, 3.05) is 5.32 Å². The van der Waals surface area contributed by atoms with Gasteiger partial charge >= 0.3 is 0 Å². The van der Waals surface area contributed by atoms with Crippen molar-refractivity contribution in [3.63, 3.8) is 0 Å². The van der Waals surface area contributed by atoms with E-state index in [1.54, 1.807) is 0 Å². The molecule has 4 nitrogen and oxygen atoms in total. The van der Waals surface area contributed by atoms with E-state index in [9.17, 15) is 4.79 Å². The summed E-state index contributed by atoms with van der Waals surface area (Å²) in [5.74, 6) is 3.11. The van der Waals surface area contributed by atoms with Gasteiger partial charge in [0.15, 0.2) is 0 Å². The molecule has 1 N–H and O–H groups in total. The molecule has 0 bridgehead atoms. The molecule has 162 valence electrons. The maximum Gasteiger partial charge on any atom is 0.224 e. The predicted molar refractivity (Wildman–Crippen MR) is 121 cm³/mol. The fourth-order valence-electron chi connectivity index (χ4n) is 5.01. The highest BCUT2D eigenvalue weighted by molar-refractivity contribution is 5.91. The highest BCUT2D eigenvalue weighted by Crippen LogP contribution is 2.52. The Labute approximate surface area is 180 Å². The van der Waals surface area contributed by atoms with Crippen LogP contribution in [0.4, 0.5) is 5.69 Å². The Kier molecular flexibility index (Phi) is 5.78. The fourth-order valence-corrected chi connectivity index (χ4v) is 5.01. The lowest BCUT2D eigenvalue weighted by Gasteiger charge is -2.38. The Bertz CT molecular complexity index is 912. The third kappa shape index (κ3) is 4.96. The first-order valence-corrected chi connectivity index (χ1v) is 11.5. The molecule has 0 radical (unpaired) electrons. The normalized spacial score (nSPS) is 21.4. The molecule has 0 spiro atoms. The third-order valence-corrected chi connectivity index (χ3v) is 6.57. The summed E-state index contributed by atoms with van der Waals surface area (Å²) < 4.78 is 5.88. The van der Waals surface area contributed by atoms with E-state index in [1.807, 2.05) is 19.1 Å². The number of hydrogen-bond acceptors (Lipinski definition) is 3. The van der Waals surface area contributed by atoms with E-state index < -0.39 is 0 Å². The number of nitrogens with one attached hydrogen (secondary N) is 1. The van der Waals surface area contributed by atoms with Gasteiger partial charge in [-0.1, -0.05) is 43.6 Å². The number of carbonyl (C=O) groups excluding carboxylic acids is 1. The molecule has 0 aliphatic heterocycles. The zero-order valence-electron chi connectivity index (χ0n) is 19.2. The van der Waals surface area contributed by atoms with Crippen molar-refractivity contribution in [1.82, 2.24) is 5.16 Å². The number of benzene rings is 1. The number of aryl methyl sites for hydroxylation is 3. The van der Waals surface area contributed by atoms with Crippen LogP contribution in [-0.4, -0.2) is 11.1 Å². The van der Waals surface area contributed by atoms with Crippen LogP contribution in [0.1, 0.15) is 99.3 Å². The van der Waals surface area contributed by atoms with Gasteiger partial charge in [-0.25, -0.2) is 0 Å². The SMILES string of the molecule is Cc1ccc(NC(=O)CCc2noc([C@H]3C[C@@H](CC(C)(C)C)C3)c2C2CC2)c(C)c1. The van der Waals surface area contributed by atoms with Gasteiger partial charge in [-0.2, -0.15) is 0 Å². The standard InChI is InChI=1S/C26H36N2O2/c1-16-6-9-21(17(2)12-16)27-23(29)11-10-22-24(19-7-8-19)25(30-28-22)20-13-18(14-20)15-26(3,4)5/h6,9,12,18-20H,7-8,10-11,13-15H2,1-5H3,(H,27,29)/t18-,20+. The molecule has 2 aliphatic carbocycles. The molecule has 1 heterocycles. The first-order chi connectivity index (χ1) is 14.2. The van der Waals surface area contributed by atoms with E-state index in [0.29, 0.717) is 30.1 Å². The first-order valence-electron chi connectivity index (χ1n) is 11.5. The number of carbonyl (C=O) groups is 1. The second-order valence-electron chi connectivity index (χ2n) is 10.8. The molecule has 2 fully saturated rings. The number of hydrogen-bond donors (Lipinski definition) is 1. The van der Waals surface area contributed by atoms with Crippen LogP contribution in [0.5, 0.6) is 0 Å². The van der Waals surface area contributed by atoms with Crippen LogP contribution >= 0.6 is 0 Å². The number of nitrogens with zero attached hydrogens (tertiary/aromatic N) is 1. The fraction of sp³-hybridized carbons (Fsp3) is 0.615. The van der Waals surface area contributed by atoms with Crippen LogP contribution in [0.3, 0.4) is 0 Å². The van der Waals surface area contributed by atoms with Gasteiger partial charge in [-0.05, 0) is 74.8 Å². The first kappa shape index (κ1) is 21.1. The predicted octanol–water partition coefficient (Wildman–Crippen LogP) is 6.67. The van der Waals surface area contributed by atoms with Crippen molar-refractivity contribution in [3.05, 3.63) is 46.3 Å². The van der Waals surface area contributed by atoms with Gasteiger partial charge < -0.3 is 9.84 Å². The van der Waals surface area contributed by atoms with E-state index in [4.69, 9.17) is 4.52 Å². The summed E-state index contributed by atoms with van der Waals surface area (Å²) in [4.78, 5) is 12.5. The molecule has 2 saturated carbocycles. The van der Waals surface area contributed by atoms with Crippen molar-refractivity contribution in [2.45, 2.75) is 91.4 Å². The maximum absolute atomic E-state index is 12.5. The Morgan fingerprint density at radius 2 is 1.90 bits per heavy atom. The number of amides is 1. The van der Waals surface area contributed by atoms with Crippen LogP contribution in [0.15, 0.2) is 22.7 Å². The molecular formula is C26H36N2O2. The summed E-state index contributed by atoms with van der Waals surface area (Å²) in [6.45, 7) is 11.1. The largest absolute Gasteiger partial charge is 0.361 e. The molecule has 1 aromatic heterocycles. The monoisotopic (exact) mass is 408 g/mol. The topological polar surface area (TPSA) is 55.1 Å². The van der Waals surface area contributed by atoms with Crippen LogP contribution in [0, 0.1) is 25.2 Å². The number of anilines is 1. The van der Waals surface area contributed by atoms with Gasteiger partial charge in [0.2, 0.25) is 5.91 Å². The van der Waals surface area contributed by atoms with Crippen LogP contribution in [0.2, 0.25) is 0 Å². The molecule has 0 unspecified atom stereocenters. The van der Waals surface area contributed by atoms with Crippen molar-refractivity contribution in [2.24, 2.45) is 11.3 Å². The maximum atomic E-state index is 12.5. The van der Waals surface area contributed by atoms with Crippen molar-refractivity contribution in [3.8, 4) is 0 Å². The average Bonchev–Trinajstić information content (AvgIpc) is 3.37. The molecule has 4 heteroatoms. The van der Waals surface area contributed by atoms with Gasteiger partial charge in [0.05, 0.1) is 5.69 Å². The lowest BCUT2D eigenvalue weighted by molar-refractivity contribution is -0.116. The van der Waals surface area contributed by atoms with E-state index in [-0.39, 0.29) is 5.91 Å². The van der Waals surface area contributed by atoms with Crippen molar-refractivity contribution >= 4 is 11.6 Å². The molecule has 30 heavy (non-hydrogen) atoms. The molecule has 1 amide bonds. The van der Waals surface area contributed by atoms with Crippen LogP contribution in [0.25, 0.3) is 0 Å². The quantitative estimate of drug-likeness (QED) is 0.556. The van der Waals surface area contributed by atoms with Crippen LogP contribution in [-0.2, 0) is 11.2 Å². The molecular weight excluding hydrogens is 372 g/mol. The second-order valence-corrected chi connectivity index (χ2v) is 10.8. The van der Waals surface area contributed by atoms with Crippen molar-refractivity contribution in [1.29, 1.82) is 0 Å². The summed E-state index contributed by atoms with van der Waals surface area (Å²) in [6, 6.07) is 6.11. The lowest BCUT2D eigenvalue weighted by atomic mass is 9.67. The lowest BCUT2D eigenvalue weighted by Crippen LogP contribution is -2.26. The van der Waals surface area contributed by atoms with E-state index in [0.717, 1.165) is 28.6 Å². The molecule has 2 aliphatic rings. The Hall–Kier alpha value is -2.10. The zero-order chi connectivity index (χ0) is 21.5. The van der Waals surface area contributed by atoms with Gasteiger partial charge in [-0.15, -0.1) is 0 Å². The summed E-state index contributed by atoms with van der Waals surface area (Å²) in [5.41, 5.74) is 5.95. The highest BCUT2D eigenvalue weighted by Gasteiger charge is 2.40. The number of rotatable bonds is 7. The van der Waals surface area contributed by atoms with Gasteiger partial charge in [0.25, 0.3) is 0 Å². The van der Waals surface area contributed by atoms with Crippen LogP contribution < -0.4 is 5.32 Å². The Morgan fingerprint density at radius 1 is 1.17 bits per heavy atom. The molecule has 0 atom stereocenters.